The standard InChI is InChI=1S/C15H18FN3O2S.ClH/c1-11-7-18-8-12-3-2-4-14(15(11)12)22(20,21)19-6-5-17-9-13(16)10-19;/h2-4,7-8,13,17H,5-6,9-10H2,1H3;1H. The molecule has 1 aromatic carbocycles. The molecule has 126 valence electrons. The number of aromatic nitrogens is 1. The number of alkyl halides is 1. The van der Waals surface area contributed by atoms with Crippen molar-refractivity contribution in [2.24, 2.45) is 0 Å². The molecule has 2 heterocycles. The van der Waals surface area contributed by atoms with Gasteiger partial charge >= 0.3 is 0 Å². The third-order valence-corrected chi connectivity index (χ3v) is 5.77. The van der Waals surface area contributed by atoms with Crippen molar-refractivity contribution in [3.63, 3.8) is 0 Å². The zero-order chi connectivity index (χ0) is 15.7. The fourth-order valence-electron chi connectivity index (χ4n) is 2.78. The molecule has 1 aromatic heterocycles. The summed E-state index contributed by atoms with van der Waals surface area (Å²) < 4.78 is 40.9. The van der Waals surface area contributed by atoms with Gasteiger partial charge in [-0.05, 0) is 18.6 Å². The molecule has 3 rings (SSSR count). The highest BCUT2D eigenvalue weighted by Gasteiger charge is 2.30. The highest BCUT2D eigenvalue weighted by molar-refractivity contribution is 7.89. The Bertz CT molecular complexity index is 795. The van der Waals surface area contributed by atoms with Gasteiger partial charge in [-0.25, -0.2) is 12.8 Å². The van der Waals surface area contributed by atoms with Gasteiger partial charge in [-0.15, -0.1) is 12.4 Å². The van der Waals surface area contributed by atoms with E-state index in [0.717, 1.165) is 10.9 Å². The number of hydrogen-bond donors (Lipinski definition) is 1. The van der Waals surface area contributed by atoms with Crippen LogP contribution in [-0.2, 0) is 10.0 Å². The first kappa shape index (κ1) is 18.1. The molecule has 1 N–H and O–H groups in total. The van der Waals surface area contributed by atoms with Crippen LogP contribution in [0.4, 0.5) is 4.39 Å². The Morgan fingerprint density at radius 1 is 1.35 bits per heavy atom. The molecular formula is C15H19ClFN3O2S. The summed E-state index contributed by atoms with van der Waals surface area (Å²) in [6.45, 7) is 2.62. The number of pyridine rings is 1. The lowest BCUT2D eigenvalue weighted by atomic mass is 10.1. The minimum absolute atomic E-state index is 0. The van der Waals surface area contributed by atoms with Crippen molar-refractivity contribution in [1.82, 2.24) is 14.6 Å². The van der Waals surface area contributed by atoms with E-state index in [1.807, 2.05) is 13.0 Å². The molecule has 8 heteroatoms. The lowest BCUT2D eigenvalue weighted by molar-refractivity contribution is 0.284. The Labute approximate surface area is 141 Å². The summed E-state index contributed by atoms with van der Waals surface area (Å²) in [7, 11) is -3.74. The predicted molar refractivity (Wildman–Crippen MR) is 90.3 cm³/mol. The Morgan fingerprint density at radius 3 is 2.91 bits per heavy atom. The predicted octanol–water partition coefficient (Wildman–Crippen LogP) is 1.90. The fraction of sp³-hybridized carbons (Fsp3) is 0.400. The van der Waals surface area contributed by atoms with Gasteiger partial charge in [0.2, 0.25) is 10.0 Å². The summed E-state index contributed by atoms with van der Waals surface area (Å²) in [6.07, 6.45) is 2.09. The molecule has 1 unspecified atom stereocenters. The lowest BCUT2D eigenvalue weighted by Gasteiger charge is -2.22. The normalized spacial score (nSPS) is 20.0. The molecule has 0 saturated carbocycles. The van der Waals surface area contributed by atoms with Crippen LogP contribution in [-0.4, -0.2) is 50.1 Å². The number of sulfonamides is 1. The van der Waals surface area contributed by atoms with Crippen LogP contribution in [0.1, 0.15) is 5.56 Å². The van der Waals surface area contributed by atoms with E-state index in [1.165, 1.54) is 4.31 Å². The van der Waals surface area contributed by atoms with Gasteiger partial charge in [-0.1, -0.05) is 12.1 Å². The number of halogens is 2. The van der Waals surface area contributed by atoms with E-state index in [1.54, 1.807) is 24.5 Å². The van der Waals surface area contributed by atoms with Crippen LogP contribution in [0.15, 0.2) is 35.5 Å². The molecule has 0 bridgehead atoms. The van der Waals surface area contributed by atoms with E-state index in [4.69, 9.17) is 0 Å². The van der Waals surface area contributed by atoms with Crippen molar-refractivity contribution in [2.75, 3.05) is 26.2 Å². The summed E-state index contributed by atoms with van der Waals surface area (Å²) in [5, 5.41) is 4.33. The molecule has 0 radical (unpaired) electrons. The van der Waals surface area contributed by atoms with Crippen molar-refractivity contribution in [1.29, 1.82) is 0 Å². The number of nitrogens with one attached hydrogen (secondary N) is 1. The molecule has 23 heavy (non-hydrogen) atoms. The molecular weight excluding hydrogens is 341 g/mol. The largest absolute Gasteiger partial charge is 0.312 e. The molecule has 1 atom stereocenters. The highest BCUT2D eigenvalue weighted by atomic mass is 35.5. The van der Waals surface area contributed by atoms with Crippen LogP contribution in [0.5, 0.6) is 0 Å². The summed E-state index contributed by atoms with van der Waals surface area (Å²) in [6, 6.07) is 5.10. The van der Waals surface area contributed by atoms with Crippen LogP contribution < -0.4 is 5.32 Å². The minimum atomic E-state index is -3.74. The van der Waals surface area contributed by atoms with Crippen LogP contribution in [0.3, 0.4) is 0 Å². The second kappa shape index (κ2) is 7.09. The average Bonchev–Trinajstić information content (AvgIpc) is 2.72. The van der Waals surface area contributed by atoms with Gasteiger partial charge in [0.15, 0.2) is 0 Å². The van der Waals surface area contributed by atoms with Crippen molar-refractivity contribution in [3.8, 4) is 0 Å². The Balaban J connectivity index is 0.00000192. The number of aryl methyl sites for hydroxylation is 1. The Kier molecular flexibility index (Phi) is 5.57. The van der Waals surface area contributed by atoms with Crippen LogP contribution in [0.25, 0.3) is 10.8 Å². The average molecular weight is 360 g/mol. The number of fused-ring (bicyclic) bond motifs is 1. The number of hydrogen-bond acceptors (Lipinski definition) is 4. The molecule has 2 aromatic rings. The zero-order valence-electron chi connectivity index (χ0n) is 12.7. The first-order valence-electron chi connectivity index (χ1n) is 7.18. The van der Waals surface area contributed by atoms with Crippen molar-refractivity contribution < 1.29 is 12.8 Å². The zero-order valence-corrected chi connectivity index (χ0v) is 14.3. The Hall–Kier alpha value is -1.28. The van der Waals surface area contributed by atoms with Gasteiger partial charge in [-0.2, -0.15) is 4.31 Å². The quantitative estimate of drug-likeness (QED) is 0.889. The maximum absolute atomic E-state index is 13.8. The minimum Gasteiger partial charge on any atom is -0.312 e. The van der Waals surface area contributed by atoms with E-state index in [2.05, 4.69) is 10.3 Å². The molecule has 1 aliphatic rings. The maximum atomic E-state index is 13.8. The van der Waals surface area contributed by atoms with E-state index in [-0.39, 0.29) is 36.9 Å². The number of rotatable bonds is 2. The van der Waals surface area contributed by atoms with Crippen molar-refractivity contribution >= 4 is 33.2 Å². The SMILES string of the molecule is Cc1cncc2cccc(S(=O)(=O)N3CCNCC(F)C3)c12.Cl. The van der Waals surface area contributed by atoms with E-state index < -0.39 is 16.2 Å². The maximum Gasteiger partial charge on any atom is 0.243 e. The fourth-order valence-corrected chi connectivity index (χ4v) is 4.54. The highest BCUT2D eigenvalue weighted by Crippen LogP contribution is 2.28. The molecule has 5 nitrogen and oxygen atoms in total. The van der Waals surface area contributed by atoms with Gasteiger partial charge in [-0.3, -0.25) is 4.98 Å². The van der Waals surface area contributed by atoms with Crippen LogP contribution in [0.2, 0.25) is 0 Å². The summed E-state index contributed by atoms with van der Waals surface area (Å²) in [4.78, 5) is 4.32. The molecule has 0 amide bonds. The van der Waals surface area contributed by atoms with Gasteiger partial charge in [0, 0.05) is 49.3 Å². The summed E-state index contributed by atoms with van der Waals surface area (Å²) in [5.41, 5.74) is 0.793. The van der Waals surface area contributed by atoms with E-state index >= 15 is 0 Å². The van der Waals surface area contributed by atoms with Crippen LogP contribution >= 0.6 is 12.4 Å². The topological polar surface area (TPSA) is 62.3 Å². The summed E-state index contributed by atoms with van der Waals surface area (Å²) >= 11 is 0. The third kappa shape index (κ3) is 3.47. The Morgan fingerprint density at radius 2 is 2.13 bits per heavy atom. The number of nitrogens with zero attached hydrogens (tertiary/aromatic N) is 2. The first-order valence-corrected chi connectivity index (χ1v) is 8.62. The second-order valence-electron chi connectivity index (χ2n) is 5.48. The number of benzene rings is 1. The molecule has 1 fully saturated rings. The molecule has 0 spiro atoms. The molecule has 1 saturated heterocycles. The monoisotopic (exact) mass is 359 g/mol. The van der Waals surface area contributed by atoms with Gasteiger partial charge < -0.3 is 5.32 Å². The van der Waals surface area contributed by atoms with E-state index in [0.29, 0.717) is 11.9 Å². The van der Waals surface area contributed by atoms with Crippen molar-refractivity contribution in [2.45, 2.75) is 18.0 Å². The van der Waals surface area contributed by atoms with Gasteiger partial charge in [0.25, 0.3) is 0 Å². The van der Waals surface area contributed by atoms with Gasteiger partial charge in [0.05, 0.1) is 4.90 Å². The third-order valence-electron chi connectivity index (χ3n) is 3.86. The molecule has 1 aliphatic heterocycles. The second-order valence-corrected chi connectivity index (χ2v) is 7.38. The summed E-state index contributed by atoms with van der Waals surface area (Å²) in [5.74, 6) is 0. The smallest absolute Gasteiger partial charge is 0.243 e. The lowest BCUT2D eigenvalue weighted by Crippen LogP contribution is -2.36. The molecule has 0 aliphatic carbocycles. The van der Waals surface area contributed by atoms with Crippen molar-refractivity contribution in [3.05, 3.63) is 36.2 Å². The first-order chi connectivity index (χ1) is 10.5. The van der Waals surface area contributed by atoms with Gasteiger partial charge in [0.1, 0.15) is 6.17 Å². The van der Waals surface area contributed by atoms with E-state index in [9.17, 15) is 12.8 Å². The van der Waals surface area contributed by atoms with Crippen LogP contribution in [0, 0.1) is 6.92 Å².